The second-order valence-corrected chi connectivity index (χ2v) is 3.69. The third-order valence-corrected chi connectivity index (χ3v) is 2.53. The molecule has 1 unspecified atom stereocenters. The van der Waals surface area contributed by atoms with Crippen molar-refractivity contribution < 1.29 is 5.11 Å². The number of nitrogen functional groups attached to an aromatic ring is 1. The number of benzene rings is 1. The fraction of sp³-hybridized carbons (Fsp3) is 0.500. The summed E-state index contributed by atoms with van der Waals surface area (Å²) in [6, 6.07) is 7.80. The molecule has 0 fully saturated rings. The molecule has 3 N–H and O–H groups in total. The first-order valence-corrected chi connectivity index (χ1v) is 5.24. The molecule has 0 aliphatic rings. The highest BCUT2D eigenvalue weighted by atomic mass is 16.3. The van der Waals surface area contributed by atoms with Gasteiger partial charge in [0.25, 0.3) is 0 Å². The van der Waals surface area contributed by atoms with Gasteiger partial charge in [0.1, 0.15) is 0 Å². The molecule has 1 aromatic carbocycles. The van der Waals surface area contributed by atoms with E-state index in [2.05, 4.69) is 6.92 Å². The van der Waals surface area contributed by atoms with Gasteiger partial charge < -0.3 is 10.8 Å². The van der Waals surface area contributed by atoms with Crippen LogP contribution < -0.4 is 5.73 Å². The van der Waals surface area contributed by atoms with Gasteiger partial charge in [0, 0.05) is 18.2 Å². The van der Waals surface area contributed by atoms with E-state index in [4.69, 9.17) is 5.73 Å². The van der Waals surface area contributed by atoms with Gasteiger partial charge in [0.2, 0.25) is 0 Å². The molecule has 0 saturated carbocycles. The standard InChI is InChI=1S/C12H19NO/c1-2-3-4-11(9-14)10-5-7-12(13)8-6-10/h5-8,11,14H,2-4,9,13H2,1H3. The Bertz CT molecular complexity index is 256. The molecule has 0 radical (unpaired) electrons. The molecule has 0 aliphatic carbocycles. The minimum Gasteiger partial charge on any atom is -0.399 e. The lowest BCUT2D eigenvalue weighted by molar-refractivity contribution is 0.257. The van der Waals surface area contributed by atoms with Gasteiger partial charge in [-0.05, 0) is 24.1 Å². The SMILES string of the molecule is CCCCC(CO)c1ccc(N)cc1. The minimum atomic E-state index is 0.226. The molecule has 0 heterocycles. The van der Waals surface area contributed by atoms with Crippen molar-refractivity contribution in [3.05, 3.63) is 29.8 Å². The van der Waals surface area contributed by atoms with Gasteiger partial charge in [-0.1, -0.05) is 31.9 Å². The van der Waals surface area contributed by atoms with Crippen molar-refractivity contribution in [2.45, 2.75) is 32.1 Å². The van der Waals surface area contributed by atoms with E-state index in [0.29, 0.717) is 0 Å². The second-order valence-electron chi connectivity index (χ2n) is 3.69. The Hall–Kier alpha value is -1.02. The quantitative estimate of drug-likeness (QED) is 0.706. The molecule has 1 atom stereocenters. The van der Waals surface area contributed by atoms with E-state index < -0.39 is 0 Å². The Balaban J connectivity index is 2.64. The maximum atomic E-state index is 9.24. The molecule has 1 aromatic rings. The Morgan fingerprint density at radius 2 is 1.93 bits per heavy atom. The number of unbranched alkanes of at least 4 members (excludes halogenated alkanes) is 1. The van der Waals surface area contributed by atoms with E-state index in [1.54, 1.807) is 0 Å². The predicted octanol–water partition coefficient (Wildman–Crippen LogP) is 2.53. The molecule has 2 heteroatoms. The van der Waals surface area contributed by atoms with Crippen LogP contribution in [0.1, 0.15) is 37.7 Å². The van der Waals surface area contributed by atoms with Crippen LogP contribution in [0.15, 0.2) is 24.3 Å². The first-order chi connectivity index (χ1) is 6.77. The van der Waals surface area contributed by atoms with Crippen LogP contribution in [0.5, 0.6) is 0 Å². The molecule has 0 saturated heterocycles. The molecular formula is C12H19NO. The smallest absolute Gasteiger partial charge is 0.0499 e. The van der Waals surface area contributed by atoms with E-state index >= 15 is 0 Å². The van der Waals surface area contributed by atoms with Crippen LogP contribution >= 0.6 is 0 Å². The molecule has 0 bridgehead atoms. The summed E-state index contributed by atoms with van der Waals surface area (Å²) >= 11 is 0. The molecule has 2 nitrogen and oxygen atoms in total. The van der Waals surface area contributed by atoms with Gasteiger partial charge in [0.05, 0.1) is 0 Å². The Labute approximate surface area is 85.8 Å². The summed E-state index contributed by atoms with van der Waals surface area (Å²) in [4.78, 5) is 0. The summed E-state index contributed by atoms with van der Waals surface area (Å²) < 4.78 is 0. The maximum Gasteiger partial charge on any atom is 0.0499 e. The second kappa shape index (κ2) is 5.66. The van der Waals surface area contributed by atoms with Gasteiger partial charge in [-0.3, -0.25) is 0 Å². The summed E-state index contributed by atoms with van der Waals surface area (Å²) in [6.45, 7) is 2.39. The van der Waals surface area contributed by atoms with E-state index in [-0.39, 0.29) is 12.5 Å². The van der Waals surface area contributed by atoms with Crippen molar-refractivity contribution in [3.63, 3.8) is 0 Å². The number of rotatable bonds is 5. The molecule has 78 valence electrons. The molecular weight excluding hydrogens is 174 g/mol. The van der Waals surface area contributed by atoms with Gasteiger partial charge >= 0.3 is 0 Å². The van der Waals surface area contributed by atoms with Crippen LogP contribution in [0.25, 0.3) is 0 Å². The van der Waals surface area contributed by atoms with Crippen molar-refractivity contribution in [3.8, 4) is 0 Å². The van der Waals surface area contributed by atoms with E-state index in [1.165, 1.54) is 12.0 Å². The first-order valence-electron chi connectivity index (χ1n) is 5.24. The zero-order chi connectivity index (χ0) is 10.4. The number of anilines is 1. The first kappa shape index (κ1) is 11.1. The van der Waals surface area contributed by atoms with Crippen molar-refractivity contribution in [2.75, 3.05) is 12.3 Å². The van der Waals surface area contributed by atoms with Crippen molar-refractivity contribution in [1.29, 1.82) is 0 Å². The highest BCUT2D eigenvalue weighted by Crippen LogP contribution is 2.22. The van der Waals surface area contributed by atoms with Gasteiger partial charge in [-0.25, -0.2) is 0 Å². The molecule has 0 aromatic heterocycles. The van der Waals surface area contributed by atoms with Gasteiger partial charge in [0.15, 0.2) is 0 Å². The number of aliphatic hydroxyl groups is 1. The van der Waals surface area contributed by atoms with Gasteiger partial charge in [-0.15, -0.1) is 0 Å². The fourth-order valence-electron chi connectivity index (χ4n) is 1.58. The highest BCUT2D eigenvalue weighted by molar-refractivity contribution is 5.40. The van der Waals surface area contributed by atoms with Crippen molar-refractivity contribution >= 4 is 5.69 Å². The summed E-state index contributed by atoms with van der Waals surface area (Å²) in [5.74, 6) is 0.274. The fourth-order valence-corrected chi connectivity index (χ4v) is 1.58. The summed E-state index contributed by atoms with van der Waals surface area (Å²) in [6.07, 6.45) is 3.39. The molecule has 14 heavy (non-hydrogen) atoms. The van der Waals surface area contributed by atoms with E-state index in [9.17, 15) is 5.11 Å². The van der Waals surface area contributed by atoms with E-state index in [0.717, 1.165) is 18.5 Å². The zero-order valence-electron chi connectivity index (χ0n) is 8.74. The maximum absolute atomic E-state index is 9.24. The zero-order valence-corrected chi connectivity index (χ0v) is 8.74. The Morgan fingerprint density at radius 3 is 2.43 bits per heavy atom. The largest absolute Gasteiger partial charge is 0.399 e. The van der Waals surface area contributed by atoms with Crippen LogP contribution in [0.3, 0.4) is 0 Å². The van der Waals surface area contributed by atoms with Crippen LogP contribution in [0.2, 0.25) is 0 Å². The number of nitrogens with two attached hydrogens (primary N) is 1. The lowest BCUT2D eigenvalue weighted by Crippen LogP contribution is -2.04. The third-order valence-electron chi connectivity index (χ3n) is 2.53. The molecule has 1 rings (SSSR count). The minimum absolute atomic E-state index is 0.226. The van der Waals surface area contributed by atoms with Crippen LogP contribution in [0, 0.1) is 0 Å². The number of aliphatic hydroxyl groups excluding tert-OH is 1. The van der Waals surface area contributed by atoms with E-state index in [1.807, 2.05) is 24.3 Å². The predicted molar refractivity (Wildman–Crippen MR) is 60.2 cm³/mol. The third kappa shape index (κ3) is 3.04. The number of hydrogen-bond acceptors (Lipinski definition) is 2. The Morgan fingerprint density at radius 1 is 1.29 bits per heavy atom. The normalized spacial score (nSPS) is 12.7. The number of hydrogen-bond donors (Lipinski definition) is 2. The molecule has 0 spiro atoms. The van der Waals surface area contributed by atoms with Crippen molar-refractivity contribution in [2.24, 2.45) is 0 Å². The van der Waals surface area contributed by atoms with Crippen molar-refractivity contribution in [1.82, 2.24) is 0 Å². The molecule has 0 amide bonds. The van der Waals surface area contributed by atoms with Gasteiger partial charge in [-0.2, -0.15) is 0 Å². The lowest BCUT2D eigenvalue weighted by Gasteiger charge is -2.13. The topological polar surface area (TPSA) is 46.2 Å². The Kier molecular flexibility index (Phi) is 4.47. The average molecular weight is 193 g/mol. The van der Waals surface area contributed by atoms with Crippen LogP contribution in [-0.4, -0.2) is 11.7 Å². The van der Waals surface area contributed by atoms with Crippen LogP contribution in [-0.2, 0) is 0 Å². The monoisotopic (exact) mass is 193 g/mol. The average Bonchev–Trinajstić information content (AvgIpc) is 2.21. The summed E-state index contributed by atoms with van der Waals surface area (Å²) in [7, 11) is 0. The lowest BCUT2D eigenvalue weighted by atomic mass is 9.94. The van der Waals surface area contributed by atoms with Crippen LogP contribution in [0.4, 0.5) is 5.69 Å². The molecule has 0 aliphatic heterocycles. The summed E-state index contributed by atoms with van der Waals surface area (Å²) in [5.41, 5.74) is 7.57. The highest BCUT2D eigenvalue weighted by Gasteiger charge is 2.08. The summed E-state index contributed by atoms with van der Waals surface area (Å²) in [5, 5.41) is 9.24.